The lowest BCUT2D eigenvalue weighted by molar-refractivity contribution is -0.137. The number of nitrogens with one attached hydrogen (secondary N) is 2. The highest BCUT2D eigenvalue weighted by molar-refractivity contribution is 6.08. The normalized spacial score (nSPS) is 11.1. The van der Waals surface area contributed by atoms with Gasteiger partial charge in [0.15, 0.2) is 5.82 Å². The van der Waals surface area contributed by atoms with Crippen molar-refractivity contribution in [1.82, 2.24) is 14.9 Å². The van der Waals surface area contributed by atoms with Crippen LogP contribution in [0.1, 0.15) is 57.4 Å². The molecule has 2 N–H and O–H groups in total. The molecule has 0 aliphatic rings. The fourth-order valence-corrected chi connectivity index (χ4v) is 3.99. The van der Waals surface area contributed by atoms with Gasteiger partial charge in [-0.25, -0.2) is 4.98 Å². The number of aromatic nitrogens is 2. The molecule has 0 atom stereocenters. The van der Waals surface area contributed by atoms with Crippen molar-refractivity contribution < 1.29 is 22.8 Å². The van der Waals surface area contributed by atoms with Crippen LogP contribution in [-0.4, -0.2) is 27.9 Å². The maximum atomic E-state index is 13.1. The number of imidazole rings is 1. The average Bonchev–Trinajstić information content (AvgIpc) is 3.30. The highest BCUT2D eigenvalue weighted by atomic mass is 19.4. The first-order valence-corrected chi connectivity index (χ1v) is 12.5. The molecular formula is C31H27F3N4O2. The van der Waals surface area contributed by atoms with Crippen LogP contribution in [0.5, 0.6) is 0 Å². The molecule has 3 aromatic carbocycles. The van der Waals surface area contributed by atoms with Crippen LogP contribution >= 0.6 is 0 Å². The number of nitrogens with zero attached hydrogens (tertiary/aromatic N) is 2. The number of rotatable bonds is 6. The molecule has 1 heterocycles. The topological polar surface area (TPSA) is 76.0 Å². The van der Waals surface area contributed by atoms with E-state index in [0.717, 1.165) is 17.7 Å². The summed E-state index contributed by atoms with van der Waals surface area (Å²) in [6, 6.07) is 19.1. The first kappa shape index (κ1) is 28.2. The lowest BCUT2D eigenvalue weighted by Gasteiger charge is -2.11. The number of alkyl halides is 3. The Labute approximate surface area is 230 Å². The lowest BCUT2D eigenvalue weighted by Crippen LogP contribution is -2.26. The van der Waals surface area contributed by atoms with E-state index in [1.54, 1.807) is 31.3 Å². The van der Waals surface area contributed by atoms with Crippen LogP contribution in [0.4, 0.5) is 19.0 Å². The van der Waals surface area contributed by atoms with Gasteiger partial charge in [-0.15, -0.1) is 0 Å². The minimum absolute atomic E-state index is 0.0782. The molecule has 1 aromatic heterocycles. The Morgan fingerprint density at radius 3 is 2.27 bits per heavy atom. The van der Waals surface area contributed by atoms with Crippen molar-refractivity contribution in [3.63, 3.8) is 0 Å². The lowest BCUT2D eigenvalue weighted by atomic mass is 9.98. The smallest absolute Gasteiger partial charge is 0.338 e. The van der Waals surface area contributed by atoms with Crippen LogP contribution in [-0.2, 0) is 13.2 Å². The zero-order valence-corrected chi connectivity index (χ0v) is 22.1. The summed E-state index contributed by atoms with van der Waals surface area (Å²) < 4.78 is 40.3. The SMILES string of the molecule is CC(C)c1ccc(C#CCNC(=O)c2nc(NC(=O)c3ccccc3-c3ccc(C(F)(F)F)cc3)cn2C)cc1. The Morgan fingerprint density at radius 1 is 0.950 bits per heavy atom. The first-order valence-electron chi connectivity index (χ1n) is 12.5. The Bertz CT molecular complexity index is 1580. The van der Waals surface area contributed by atoms with Crippen molar-refractivity contribution in [2.24, 2.45) is 7.05 Å². The van der Waals surface area contributed by atoms with Gasteiger partial charge in [0.05, 0.1) is 12.1 Å². The van der Waals surface area contributed by atoms with Gasteiger partial charge in [0.2, 0.25) is 5.82 Å². The monoisotopic (exact) mass is 544 g/mol. The summed E-state index contributed by atoms with van der Waals surface area (Å²) in [6.45, 7) is 4.35. The van der Waals surface area contributed by atoms with E-state index in [9.17, 15) is 22.8 Å². The molecule has 0 aliphatic heterocycles. The molecule has 4 rings (SSSR count). The van der Waals surface area contributed by atoms with E-state index in [-0.39, 0.29) is 23.8 Å². The number of carbonyl (C=O) groups excluding carboxylic acids is 2. The number of carbonyl (C=O) groups is 2. The maximum Gasteiger partial charge on any atom is 0.416 e. The molecule has 0 aliphatic carbocycles. The zero-order valence-electron chi connectivity index (χ0n) is 22.1. The zero-order chi connectivity index (χ0) is 28.9. The van der Waals surface area contributed by atoms with Gasteiger partial charge in [-0.1, -0.05) is 68.2 Å². The summed E-state index contributed by atoms with van der Waals surface area (Å²) in [5.41, 5.74) is 2.45. The van der Waals surface area contributed by atoms with Gasteiger partial charge in [0, 0.05) is 24.4 Å². The molecule has 0 saturated heterocycles. The number of halogens is 3. The van der Waals surface area contributed by atoms with Gasteiger partial charge < -0.3 is 15.2 Å². The third-order valence-electron chi connectivity index (χ3n) is 6.16. The van der Waals surface area contributed by atoms with E-state index in [4.69, 9.17) is 0 Å². The van der Waals surface area contributed by atoms with E-state index < -0.39 is 23.6 Å². The molecule has 2 amide bonds. The van der Waals surface area contributed by atoms with Gasteiger partial charge in [0.25, 0.3) is 11.8 Å². The summed E-state index contributed by atoms with van der Waals surface area (Å²) in [5, 5.41) is 5.36. The molecule has 0 spiro atoms. The van der Waals surface area contributed by atoms with E-state index in [1.165, 1.54) is 28.5 Å². The highest BCUT2D eigenvalue weighted by Gasteiger charge is 2.30. The second kappa shape index (κ2) is 11.9. The number of aryl methyl sites for hydroxylation is 1. The molecular weight excluding hydrogens is 517 g/mol. The average molecular weight is 545 g/mol. The number of anilines is 1. The minimum atomic E-state index is -4.45. The van der Waals surface area contributed by atoms with Gasteiger partial charge >= 0.3 is 6.18 Å². The van der Waals surface area contributed by atoms with Crippen molar-refractivity contribution in [2.45, 2.75) is 25.9 Å². The minimum Gasteiger partial charge on any atom is -0.338 e. The van der Waals surface area contributed by atoms with Crippen LogP contribution in [0.3, 0.4) is 0 Å². The number of benzene rings is 3. The Balaban J connectivity index is 1.41. The molecule has 0 unspecified atom stereocenters. The molecule has 40 heavy (non-hydrogen) atoms. The molecule has 0 bridgehead atoms. The predicted octanol–water partition coefficient (Wildman–Crippen LogP) is 6.26. The molecule has 4 aromatic rings. The molecule has 0 fully saturated rings. The van der Waals surface area contributed by atoms with E-state index in [1.807, 2.05) is 24.3 Å². The summed E-state index contributed by atoms with van der Waals surface area (Å²) in [6.07, 6.45) is -2.96. The van der Waals surface area contributed by atoms with Crippen LogP contribution in [0.25, 0.3) is 11.1 Å². The van der Waals surface area contributed by atoms with Crippen LogP contribution in [0.2, 0.25) is 0 Å². The first-order chi connectivity index (χ1) is 19.0. The van der Waals surface area contributed by atoms with Gasteiger partial charge in [-0.05, 0) is 52.9 Å². The van der Waals surface area contributed by atoms with Gasteiger partial charge in [-0.3, -0.25) is 9.59 Å². The Hall–Kier alpha value is -4.84. The molecule has 6 nitrogen and oxygen atoms in total. The second-order valence-electron chi connectivity index (χ2n) is 9.40. The highest BCUT2D eigenvalue weighted by Crippen LogP contribution is 2.32. The van der Waals surface area contributed by atoms with Gasteiger partial charge in [-0.2, -0.15) is 13.2 Å². The van der Waals surface area contributed by atoms with E-state index in [2.05, 4.69) is 41.3 Å². The van der Waals surface area contributed by atoms with Crippen LogP contribution < -0.4 is 10.6 Å². The van der Waals surface area contributed by atoms with Crippen molar-refractivity contribution in [1.29, 1.82) is 0 Å². The van der Waals surface area contributed by atoms with Gasteiger partial charge in [0.1, 0.15) is 0 Å². The predicted molar refractivity (Wildman–Crippen MR) is 148 cm³/mol. The van der Waals surface area contributed by atoms with E-state index >= 15 is 0 Å². The maximum absolute atomic E-state index is 13.1. The van der Waals surface area contributed by atoms with Crippen LogP contribution in [0, 0.1) is 11.8 Å². The molecule has 204 valence electrons. The van der Waals surface area contributed by atoms with Crippen molar-refractivity contribution in [3.05, 3.63) is 107 Å². The largest absolute Gasteiger partial charge is 0.416 e. The number of amides is 2. The summed E-state index contributed by atoms with van der Waals surface area (Å²) >= 11 is 0. The van der Waals surface area contributed by atoms with Crippen LogP contribution in [0.15, 0.2) is 79.0 Å². The molecule has 0 radical (unpaired) electrons. The van der Waals surface area contributed by atoms with E-state index in [0.29, 0.717) is 17.0 Å². The quantitative estimate of drug-likeness (QED) is 0.281. The second-order valence-corrected chi connectivity index (χ2v) is 9.40. The summed E-state index contributed by atoms with van der Waals surface area (Å²) in [4.78, 5) is 29.9. The Morgan fingerprint density at radius 2 is 1.62 bits per heavy atom. The number of hydrogen-bond donors (Lipinski definition) is 2. The fraction of sp³-hybridized carbons (Fsp3) is 0.194. The summed E-state index contributed by atoms with van der Waals surface area (Å²) in [7, 11) is 1.62. The molecule has 0 saturated carbocycles. The van der Waals surface area contributed by atoms with Crippen molar-refractivity contribution in [2.75, 3.05) is 11.9 Å². The number of hydrogen-bond acceptors (Lipinski definition) is 3. The van der Waals surface area contributed by atoms with Crippen molar-refractivity contribution in [3.8, 4) is 23.0 Å². The molecule has 9 heteroatoms. The van der Waals surface area contributed by atoms with Crippen molar-refractivity contribution >= 4 is 17.6 Å². The third-order valence-corrected chi connectivity index (χ3v) is 6.16. The third kappa shape index (κ3) is 6.77. The summed E-state index contributed by atoms with van der Waals surface area (Å²) in [5.74, 6) is 5.60. The standard InChI is InChI=1S/C31H27F3N4O2/c1-20(2)22-12-10-21(11-13-22)7-6-18-35-30(40)28-36-27(19-38(28)3)37-29(39)26-9-5-4-8-25(26)23-14-16-24(17-15-23)31(32,33)34/h4-5,8-17,19-20H,18H2,1-3H3,(H,35,40)(H,37,39). The fourth-order valence-electron chi connectivity index (χ4n) is 3.99. The Kier molecular flexibility index (Phi) is 8.39.